The highest BCUT2D eigenvalue weighted by molar-refractivity contribution is 7.86. The van der Waals surface area contributed by atoms with Gasteiger partial charge in [0.15, 0.2) is 11.5 Å². The van der Waals surface area contributed by atoms with Crippen molar-refractivity contribution in [3.8, 4) is 11.5 Å². The molecular formula is C16H24O9S. The molecule has 0 saturated heterocycles. The van der Waals surface area contributed by atoms with Crippen molar-refractivity contribution in [1.29, 1.82) is 0 Å². The van der Waals surface area contributed by atoms with Gasteiger partial charge in [0, 0.05) is 0 Å². The van der Waals surface area contributed by atoms with E-state index in [0.717, 1.165) is 0 Å². The zero-order valence-corrected chi connectivity index (χ0v) is 15.2. The van der Waals surface area contributed by atoms with Crippen LogP contribution in [0.25, 0.3) is 0 Å². The minimum atomic E-state index is -4.45. The largest absolute Gasteiger partial charge is 0.487 e. The van der Waals surface area contributed by atoms with Gasteiger partial charge in [0.2, 0.25) is 5.44 Å². The molecule has 0 aliphatic carbocycles. The molecule has 9 nitrogen and oxygen atoms in total. The van der Waals surface area contributed by atoms with Crippen molar-refractivity contribution < 1.29 is 41.4 Å². The van der Waals surface area contributed by atoms with Gasteiger partial charge in [-0.1, -0.05) is 12.1 Å². The summed E-state index contributed by atoms with van der Waals surface area (Å²) in [5.74, 6) is 0.774. The van der Waals surface area contributed by atoms with Gasteiger partial charge >= 0.3 is 0 Å². The molecule has 1 aliphatic heterocycles. The minimum absolute atomic E-state index is 0.0188. The lowest BCUT2D eigenvalue weighted by Crippen LogP contribution is -2.32. The molecule has 0 radical (unpaired) electrons. The summed E-state index contributed by atoms with van der Waals surface area (Å²) < 4.78 is 64.5. The highest BCUT2D eigenvalue weighted by Gasteiger charge is 2.25. The van der Waals surface area contributed by atoms with Crippen molar-refractivity contribution in [1.82, 2.24) is 0 Å². The smallest absolute Gasteiger partial charge is 0.295 e. The number of ether oxygens (including phenoxy) is 6. The SMILES string of the molecule is O=S(=O)(O)C1COc2ccccc2OCCOCCOCCOCCO1. The average molecular weight is 392 g/mol. The van der Waals surface area contributed by atoms with Crippen LogP contribution in [0.3, 0.4) is 0 Å². The van der Waals surface area contributed by atoms with Gasteiger partial charge in [0.1, 0.15) is 13.2 Å². The molecule has 0 fully saturated rings. The Balaban J connectivity index is 2.00. The van der Waals surface area contributed by atoms with Gasteiger partial charge in [-0.15, -0.1) is 0 Å². The molecule has 0 saturated carbocycles. The van der Waals surface area contributed by atoms with Crippen LogP contribution in [0.5, 0.6) is 11.5 Å². The predicted molar refractivity (Wildman–Crippen MR) is 91.2 cm³/mol. The first-order valence-corrected chi connectivity index (χ1v) is 9.73. The van der Waals surface area contributed by atoms with Gasteiger partial charge in [-0.2, -0.15) is 8.42 Å². The molecule has 1 N–H and O–H groups in total. The molecule has 1 aliphatic rings. The lowest BCUT2D eigenvalue weighted by atomic mass is 10.3. The first-order chi connectivity index (χ1) is 12.6. The number of para-hydroxylation sites is 2. The van der Waals surface area contributed by atoms with Crippen LogP contribution in [0.2, 0.25) is 0 Å². The van der Waals surface area contributed by atoms with Crippen LogP contribution in [0.15, 0.2) is 24.3 Å². The Hall–Kier alpha value is -1.43. The topological polar surface area (TPSA) is 110 Å². The zero-order chi connectivity index (χ0) is 18.7. The summed E-state index contributed by atoms with van der Waals surface area (Å²) in [6.07, 6.45) is 0. The van der Waals surface area contributed by atoms with Crippen molar-refractivity contribution >= 4 is 10.1 Å². The maximum Gasteiger partial charge on any atom is 0.295 e. The first-order valence-electron chi connectivity index (χ1n) is 8.23. The van der Waals surface area contributed by atoms with E-state index in [4.69, 9.17) is 28.4 Å². The average Bonchev–Trinajstić information content (AvgIpc) is 2.60. The van der Waals surface area contributed by atoms with Crippen LogP contribution >= 0.6 is 0 Å². The van der Waals surface area contributed by atoms with Crippen LogP contribution in [-0.4, -0.2) is 77.9 Å². The Morgan fingerprint density at radius 2 is 1.27 bits per heavy atom. The highest BCUT2D eigenvalue weighted by atomic mass is 32.2. The number of benzene rings is 1. The van der Waals surface area contributed by atoms with Crippen molar-refractivity contribution in [2.24, 2.45) is 0 Å². The second kappa shape index (κ2) is 11.3. The number of hydrogen-bond acceptors (Lipinski definition) is 8. The summed E-state index contributed by atoms with van der Waals surface area (Å²) in [6.45, 7) is 2.02. The number of rotatable bonds is 1. The molecule has 26 heavy (non-hydrogen) atoms. The van der Waals surface area contributed by atoms with Crippen LogP contribution in [0.1, 0.15) is 0 Å². The minimum Gasteiger partial charge on any atom is -0.487 e. The molecule has 1 unspecified atom stereocenters. The van der Waals surface area contributed by atoms with E-state index in [-0.39, 0.29) is 13.2 Å². The highest BCUT2D eigenvalue weighted by Crippen LogP contribution is 2.26. The van der Waals surface area contributed by atoms with E-state index >= 15 is 0 Å². The Labute approximate surface area is 152 Å². The van der Waals surface area contributed by atoms with E-state index < -0.39 is 22.2 Å². The second-order valence-electron chi connectivity index (χ2n) is 5.26. The third-order valence-corrected chi connectivity index (χ3v) is 4.25. The molecule has 0 bridgehead atoms. The predicted octanol–water partition coefficient (Wildman–Crippen LogP) is 0.738. The fraction of sp³-hybridized carbons (Fsp3) is 0.625. The van der Waals surface area contributed by atoms with Gasteiger partial charge < -0.3 is 28.4 Å². The fourth-order valence-corrected chi connectivity index (χ4v) is 2.57. The van der Waals surface area contributed by atoms with E-state index in [9.17, 15) is 13.0 Å². The maximum absolute atomic E-state index is 11.5. The van der Waals surface area contributed by atoms with Gasteiger partial charge in [-0.05, 0) is 12.1 Å². The van der Waals surface area contributed by atoms with Crippen LogP contribution < -0.4 is 9.47 Å². The summed E-state index contributed by atoms with van der Waals surface area (Å²) in [5.41, 5.74) is -1.53. The van der Waals surface area contributed by atoms with Crippen LogP contribution in [0, 0.1) is 0 Å². The third-order valence-electron chi connectivity index (χ3n) is 3.32. The Kier molecular flexibility index (Phi) is 9.09. The van der Waals surface area contributed by atoms with Gasteiger partial charge in [0.25, 0.3) is 10.1 Å². The fourth-order valence-electron chi connectivity index (χ4n) is 2.06. The quantitative estimate of drug-likeness (QED) is 0.692. The maximum atomic E-state index is 11.5. The third kappa shape index (κ3) is 7.85. The molecule has 1 aromatic rings. The molecular weight excluding hydrogens is 368 g/mol. The summed E-state index contributed by atoms with van der Waals surface area (Å²) in [7, 11) is -4.45. The van der Waals surface area contributed by atoms with E-state index in [1.54, 1.807) is 24.3 Å². The molecule has 0 spiro atoms. The monoisotopic (exact) mass is 392 g/mol. The Morgan fingerprint density at radius 1 is 0.769 bits per heavy atom. The summed E-state index contributed by atoms with van der Waals surface area (Å²) in [6, 6.07) is 6.80. The molecule has 1 atom stereocenters. The summed E-state index contributed by atoms with van der Waals surface area (Å²) in [5, 5.41) is 0. The van der Waals surface area contributed by atoms with E-state index in [0.29, 0.717) is 51.1 Å². The lowest BCUT2D eigenvalue weighted by Gasteiger charge is -2.18. The summed E-state index contributed by atoms with van der Waals surface area (Å²) in [4.78, 5) is 0. The number of fused-ring (bicyclic) bond motifs is 1. The standard InChI is InChI=1S/C16H24O9S/c17-26(18,19)16-13-25-15-4-2-1-3-14(15)23-11-9-21-7-5-20-6-8-22-10-12-24-16/h1-4,16H,5-13H2,(H,17,18,19). The van der Waals surface area contributed by atoms with E-state index in [1.807, 2.05) is 0 Å². The molecule has 2 rings (SSSR count). The van der Waals surface area contributed by atoms with Crippen molar-refractivity contribution in [3.05, 3.63) is 24.3 Å². The molecule has 1 heterocycles. The molecule has 148 valence electrons. The Morgan fingerprint density at radius 3 is 1.85 bits per heavy atom. The van der Waals surface area contributed by atoms with Crippen LogP contribution in [-0.2, 0) is 29.1 Å². The van der Waals surface area contributed by atoms with E-state index in [2.05, 4.69) is 0 Å². The van der Waals surface area contributed by atoms with E-state index in [1.165, 1.54) is 0 Å². The Bertz CT molecular complexity index is 620. The molecule has 1 aromatic carbocycles. The van der Waals surface area contributed by atoms with Crippen molar-refractivity contribution in [2.45, 2.75) is 5.44 Å². The van der Waals surface area contributed by atoms with Crippen molar-refractivity contribution in [2.75, 3.05) is 59.5 Å². The molecule has 0 amide bonds. The van der Waals surface area contributed by atoms with Gasteiger partial charge in [-0.3, -0.25) is 4.55 Å². The normalized spacial score (nSPS) is 22.1. The number of hydrogen-bond donors (Lipinski definition) is 1. The lowest BCUT2D eigenvalue weighted by molar-refractivity contribution is -0.0154. The summed E-state index contributed by atoms with van der Waals surface area (Å²) >= 11 is 0. The van der Waals surface area contributed by atoms with Crippen LogP contribution in [0.4, 0.5) is 0 Å². The second-order valence-corrected chi connectivity index (χ2v) is 6.81. The van der Waals surface area contributed by atoms with Crippen molar-refractivity contribution in [3.63, 3.8) is 0 Å². The zero-order valence-electron chi connectivity index (χ0n) is 14.4. The van der Waals surface area contributed by atoms with Gasteiger partial charge in [-0.25, -0.2) is 0 Å². The molecule has 0 aromatic heterocycles. The first kappa shape index (κ1) is 20.9. The van der Waals surface area contributed by atoms with Gasteiger partial charge in [0.05, 0.1) is 46.2 Å². The molecule has 10 heteroatoms.